The standard InChI is InChI=1S/C22H26F2IN3O2S/c1-15-19(21(29)28-13-9-17(10-14-28)27-11-3-2-4-12-27)31-20(26-15)16-5-7-18(8-6-16)30-22(23,24)25/h5-8,17H,2-4,9-14H2,1H3. The number of hydrogen-bond acceptors (Lipinski definition) is 5. The van der Waals surface area contributed by atoms with Gasteiger partial charge in [0.25, 0.3) is 5.91 Å². The highest BCUT2D eigenvalue weighted by molar-refractivity contribution is 14.1. The number of nitrogens with zero attached hydrogens (tertiary/aromatic N) is 3. The molecule has 2 fully saturated rings. The molecule has 0 bridgehead atoms. The Labute approximate surface area is 198 Å². The Morgan fingerprint density at radius 3 is 2.39 bits per heavy atom. The third kappa shape index (κ3) is 5.73. The lowest BCUT2D eigenvalue weighted by Crippen LogP contribution is -2.48. The van der Waals surface area contributed by atoms with Gasteiger partial charge in [0.1, 0.15) is 15.6 Å². The summed E-state index contributed by atoms with van der Waals surface area (Å²) in [7, 11) is 0. The molecule has 5 nitrogen and oxygen atoms in total. The van der Waals surface area contributed by atoms with Gasteiger partial charge in [0, 0.05) is 24.7 Å². The van der Waals surface area contributed by atoms with Crippen molar-refractivity contribution in [2.75, 3.05) is 26.2 Å². The molecule has 3 heterocycles. The Morgan fingerprint density at radius 2 is 1.77 bits per heavy atom. The molecular weight excluding hydrogens is 535 g/mol. The van der Waals surface area contributed by atoms with Crippen LogP contribution >= 0.6 is 33.9 Å². The molecule has 1 aromatic carbocycles. The molecule has 31 heavy (non-hydrogen) atoms. The maximum Gasteiger partial charge on any atom is 0.451 e. The zero-order chi connectivity index (χ0) is 22.0. The number of carbonyl (C=O) groups excluding carboxylic acids is 1. The molecule has 168 valence electrons. The van der Waals surface area contributed by atoms with E-state index in [0.717, 1.165) is 54.1 Å². The Kier molecular flexibility index (Phi) is 7.12. The number of likely N-dealkylation sites (tertiary alicyclic amines) is 2. The van der Waals surface area contributed by atoms with Crippen molar-refractivity contribution < 1.29 is 18.3 Å². The molecular formula is C22H26F2IN3O2S. The highest BCUT2D eigenvalue weighted by Crippen LogP contribution is 2.33. The Morgan fingerprint density at radius 1 is 1.13 bits per heavy atom. The molecule has 0 spiro atoms. The molecule has 2 aliphatic rings. The summed E-state index contributed by atoms with van der Waals surface area (Å²) in [6.07, 6.45) is 5.96. The first-order chi connectivity index (χ1) is 14.8. The average Bonchev–Trinajstić information content (AvgIpc) is 3.15. The van der Waals surface area contributed by atoms with E-state index in [-0.39, 0.29) is 11.7 Å². The summed E-state index contributed by atoms with van der Waals surface area (Å²) in [4.78, 5) is 22.9. The molecule has 0 atom stereocenters. The fourth-order valence-electron chi connectivity index (χ4n) is 4.38. The number of piperidine rings is 2. The first-order valence-electron chi connectivity index (χ1n) is 10.7. The summed E-state index contributed by atoms with van der Waals surface area (Å²) in [6, 6.07) is 6.96. The van der Waals surface area contributed by atoms with Crippen molar-refractivity contribution in [2.24, 2.45) is 0 Å². The zero-order valence-electron chi connectivity index (χ0n) is 17.5. The van der Waals surface area contributed by atoms with E-state index in [1.807, 2.05) is 11.8 Å². The number of aromatic nitrogens is 1. The van der Waals surface area contributed by atoms with Gasteiger partial charge in [-0.15, -0.1) is 11.3 Å². The summed E-state index contributed by atoms with van der Waals surface area (Å²) < 4.78 is 27.3. The van der Waals surface area contributed by atoms with E-state index >= 15 is 0 Å². The van der Waals surface area contributed by atoms with Gasteiger partial charge >= 0.3 is 4.12 Å². The molecule has 0 aliphatic carbocycles. The highest BCUT2D eigenvalue weighted by Gasteiger charge is 2.30. The number of carbonyl (C=O) groups is 1. The fraction of sp³-hybridized carbons (Fsp3) is 0.545. The Hall–Kier alpha value is -1.33. The second-order valence-corrected chi connectivity index (χ2v) is 10.4. The minimum Gasteiger partial charge on any atom is -0.425 e. The molecule has 1 aromatic heterocycles. The van der Waals surface area contributed by atoms with Crippen LogP contribution in [0.5, 0.6) is 5.75 Å². The van der Waals surface area contributed by atoms with Crippen molar-refractivity contribution in [1.29, 1.82) is 0 Å². The minimum absolute atomic E-state index is 0.0443. The van der Waals surface area contributed by atoms with Crippen LogP contribution in [0.1, 0.15) is 47.5 Å². The lowest BCUT2D eigenvalue weighted by atomic mass is 10.00. The Bertz CT molecular complexity index is 902. The third-order valence-electron chi connectivity index (χ3n) is 5.98. The minimum atomic E-state index is -3.25. The number of benzene rings is 1. The second-order valence-electron chi connectivity index (χ2n) is 8.13. The van der Waals surface area contributed by atoms with Gasteiger partial charge < -0.3 is 14.5 Å². The Balaban J connectivity index is 1.40. The third-order valence-corrected chi connectivity index (χ3v) is 7.40. The smallest absolute Gasteiger partial charge is 0.425 e. The molecule has 2 aliphatic heterocycles. The number of halogens is 3. The van der Waals surface area contributed by atoms with Crippen molar-refractivity contribution in [3.63, 3.8) is 0 Å². The van der Waals surface area contributed by atoms with Crippen molar-refractivity contribution >= 4 is 39.8 Å². The van der Waals surface area contributed by atoms with Crippen molar-refractivity contribution in [3.8, 4) is 16.3 Å². The first-order valence-corrected chi connectivity index (χ1v) is 12.6. The van der Waals surface area contributed by atoms with Gasteiger partial charge in [-0.1, -0.05) is 6.42 Å². The summed E-state index contributed by atoms with van der Waals surface area (Å²) in [5.74, 6) is 0.132. The monoisotopic (exact) mass is 561 g/mol. The average molecular weight is 561 g/mol. The van der Waals surface area contributed by atoms with Crippen molar-refractivity contribution in [2.45, 2.75) is 49.2 Å². The molecule has 2 saturated heterocycles. The zero-order valence-corrected chi connectivity index (χ0v) is 20.4. The predicted octanol–water partition coefficient (Wildman–Crippen LogP) is 5.57. The maximum atomic E-state index is 13.1. The highest BCUT2D eigenvalue weighted by atomic mass is 127. The molecule has 0 unspecified atom stereocenters. The molecule has 4 rings (SSSR count). The van der Waals surface area contributed by atoms with E-state index in [0.29, 0.717) is 21.6 Å². The van der Waals surface area contributed by atoms with Gasteiger partial charge in [-0.05, 0) is 70.0 Å². The SMILES string of the molecule is Cc1nc(-c2ccc(OC(F)(F)I)cc2)sc1C(=O)N1CCC(N2CCCCC2)CC1. The lowest BCUT2D eigenvalue weighted by molar-refractivity contribution is -0.0691. The number of aryl methyl sites for hydroxylation is 1. The van der Waals surface area contributed by atoms with Crippen LogP contribution in [0.15, 0.2) is 24.3 Å². The predicted molar refractivity (Wildman–Crippen MR) is 126 cm³/mol. The lowest BCUT2D eigenvalue weighted by Gasteiger charge is -2.40. The topological polar surface area (TPSA) is 45.7 Å². The largest absolute Gasteiger partial charge is 0.451 e. The second kappa shape index (κ2) is 9.66. The van der Waals surface area contributed by atoms with E-state index in [1.165, 1.54) is 55.8 Å². The van der Waals surface area contributed by atoms with Crippen molar-refractivity contribution in [1.82, 2.24) is 14.8 Å². The molecule has 2 aromatic rings. The van der Waals surface area contributed by atoms with Gasteiger partial charge in [0.2, 0.25) is 0 Å². The number of hydrogen-bond donors (Lipinski definition) is 0. The van der Waals surface area contributed by atoms with Crippen LogP contribution in [-0.4, -0.2) is 57.0 Å². The van der Waals surface area contributed by atoms with Crippen LogP contribution in [0.4, 0.5) is 8.78 Å². The number of ether oxygens (including phenoxy) is 1. The van der Waals surface area contributed by atoms with Crippen LogP contribution < -0.4 is 4.74 Å². The fourth-order valence-corrected chi connectivity index (χ4v) is 5.67. The summed E-state index contributed by atoms with van der Waals surface area (Å²) in [6.45, 7) is 5.79. The van der Waals surface area contributed by atoms with Gasteiger partial charge in [-0.2, -0.15) is 8.78 Å². The molecule has 1 amide bonds. The van der Waals surface area contributed by atoms with Crippen molar-refractivity contribution in [3.05, 3.63) is 34.8 Å². The number of thiazole rings is 1. The number of alkyl halides is 3. The summed E-state index contributed by atoms with van der Waals surface area (Å²) >= 11 is 2.30. The summed E-state index contributed by atoms with van der Waals surface area (Å²) in [5.41, 5.74) is 1.49. The molecule has 0 N–H and O–H groups in total. The van der Waals surface area contributed by atoms with Gasteiger partial charge in [0.15, 0.2) is 0 Å². The molecule has 0 saturated carbocycles. The van der Waals surface area contributed by atoms with E-state index < -0.39 is 4.12 Å². The van der Waals surface area contributed by atoms with E-state index in [9.17, 15) is 13.6 Å². The van der Waals surface area contributed by atoms with Crippen LogP contribution in [0.3, 0.4) is 0 Å². The van der Waals surface area contributed by atoms with Gasteiger partial charge in [-0.3, -0.25) is 4.79 Å². The first kappa shape index (κ1) is 22.8. The van der Waals surface area contributed by atoms with Gasteiger partial charge in [0.05, 0.1) is 28.3 Å². The van der Waals surface area contributed by atoms with Gasteiger partial charge in [-0.25, -0.2) is 4.98 Å². The molecule has 9 heteroatoms. The maximum absolute atomic E-state index is 13.1. The number of rotatable bonds is 5. The van der Waals surface area contributed by atoms with E-state index in [4.69, 9.17) is 0 Å². The van der Waals surface area contributed by atoms with Crippen LogP contribution in [0.2, 0.25) is 0 Å². The number of amides is 1. The van der Waals surface area contributed by atoms with Crippen LogP contribution in [-0.2, 0) is 0 Å². The normalized spacial score (nSPS) is 18.9. The van der Waals surface area contributed by atoms with E-state index in [2.05, 4.69) is 14.6 Å². The quantitative estimate of drug-likeness (QED) is 0.354. The molecule has 0 radical (unpaired) electrons. The summed E-state index contributed by atoms with van der Waals surface area (Å²) in [5, 5.41) is 0.705. The van der Waals surface area contributed by atoms with Crippen LogP contribution in [0.25, 0.3) is 10.6 Å². The van der Waals surface area contributed by atoms with E-state index in [1.54, 1.807) is 12.1 Å². The van der Waals surface area contributed by atoms with Crippen LogP contribution in [0, 0.1) is 6.92 Å².